The van der Waals surface area contributed by atoms with Crippen molar-refractivity contribution in [3.63, 3.8) is 0 Å². The average Bonchev–Trinajstić information content (AvgIpc) is 2.99. The predicted molar refractivity (Wildman–Crippen MR) is 88.3 cm³/mol. The van der Waals surface area contributed by atoms with Crippen LogP contribution in [0.5, 0.6) is 0 Å². The van der Waals surface area contributed by atoms with E-state index in [0.29, 0.717) is 37.1 Å². The van der Waals surface area contributed by atoms with Crippen LogP contribution in [0.1, 0.15) is 36.5 Å². The summed E-state index contributed by atoms with van der Waals surface area (Å²) >= 11 is 0. The number of rotatable bonds is 4. The molecule has 0 atom stereocenters. The molecule has 1 aromatic heterocycles. The second kappa shape index (κ2) is 6.47. The molecule has 3 rings (SSSR count). The topological polar surface area (TPSA) is 79.6 Å². The third-order valence-corrected chi connectivity index (χ3v) is 4.78. The molecular formula is C18H20N2O4. The van der Waals surface area contributed by atoms with Gasteiger partial charge < -0.3 is 9.32 Å². The number of nitrogens with zero attached hydrogens (tertiary/aromatic N) is 1. The first-order chi connectivity index (χ1) is 11.5. The number of amides is 3. The Bertz CT molecular complexity index is 772. The number of imide groups is 1. The number of furan rings is 1. The molecule has 2 heterocycles. The number of likely N-dealkylation sites (tertiary alicyclic amines) is 1. The zero-order chi connectivity index (χ0) is 17.2. The first-order valence-electron chi connectivity index (χ1n) is 8.01. The molecule has 1 N–H and O–H groups in total. The van der Waals surface area contributed by atoms with Crippen LogP contribution in [0.15, 0.2) is 34.9 Å². The van der Waals surface area contributed by atoms with Gasteiger partial charge in [0.2, 0.25) is 12.3 Å². The number of para-hydroxylation sites is 1. The first-order valence-corrected chi connectivity index (χ1v) is 8.01. The number of benzene rings is 1. The minimum Gasteiger partial charge on any atom is -0.463 e. The average molecular weight is 328 g/mol. The molecule has 3 amide bonds. The maximum atomic E-state index is 12.8. The Morgan fingerprint density at radius 2 is 2.00 bits per heavy atom. The van der Waals surface area contributed by atoms with Gasteiger partial charge in [-0.3, -0.25) is 19.7 Å². The summed E-state index contributed by atoms with van der Waals surface area (Å²) in [6, 6.07) is 7.47. The number of nitrogens with one attached hydrogen (secondary N) is 1. The van der Waals surface area contributed by atoms with Gasteiger partial charge in [0.1, 0.15) is 11.8 Å². The Kier molecular flexibility index (Phi) is 4.38. The Morgan fingerprint density at radius 1 is 1.29 bits per heavy atom. The highest BCUT2D eigenvalue weighted by Crippen LogP contribution is 2.35. The summed E-state index contributed by atoms with van der Waals surface area (Å²) in [4.78, 5) is 36.5. The van der Waals surface area contributed by atoms with Crippen molar-refractivity contribution >= 4 is 29.2 Å². The Morgan fingerprint density at radius 3 is 2.71 bits per heavy atom. The number of carbonyl (C=O) groups is 3. The minimum atomic E-state index is -0.270. The highest BCUT2D eigenvalue weighted by molar-refractivity contribution is 6.05. The second-order valence-corrected chi connectivity index (χ2v) is 6.61. The summed E-state index contributed by atoms with van der Waals surface area (Å²) < 4.78 is 5.45. The van der Waals surface area contributed by atoms with Crippen molar-refractivity contribution in [2.24, 2.45) is 5.41 Å². The maximum absolute atomic E-state index is 12.8. The molecule has 0 aliphatic carbocycles. The van der Waals surface area contributed by atoms with Gasteiger partial charge in [0.15, 0.2) is 0 Å². The van der Waals surface area contributed by atoms with Crippen molar-refractivity contribution in [3.8, 4) is 0 Å². The molecule has 0 saturated carbocycles. The third-order valence-electron chi connectivity index (χ3n) is 4.78. The van der Waals surface area contributed by atoms with E-state index in [1.807, 2.05) is 31.2 Å². The van der Waals surface area contributed by atoms with Gasteiger partial charge in [-0.1, -0.05) is 25.1 Å². The molecule has 1 aliphatic rings. The molecule has 24 heavy (non-hydrogen) atoms. The van der Waals surface area contributed by atoms with Gasteiger partial charge >= 0.3 is 0 Å². The number of carbonyl (C=O) groups excluding carboxylic acids is 3. The molecule has 1 aromatic carbocycles. The monoisotopic (exact) mass is 328 g/mol. The predicted octanol–water partition coefficient (Wildman–Crippen LogP) is 2.34. The van der Waals surface area contributed by atoms with Crippen molar-refractivity contribution in [1.82, 2.24) is 10.2 Å². The lowest BCUT2D eigenvalue weighted by atomic mass is 9.77. The highest BCUT2D eigenvalue weighted by Gasteiger charge is 2.34. The van der Waals surface area contributed by atoms with Gasteiger partial charge in [-0.25, -0.2) is 0 Å². The van der Waals surface area contributed by atoms with Gasteiger partial charge in [-0.05, 0) is 24.3 Å². The smallest absolute Gasteiger partial charge is 0.257 e. The lowest BCUT2D eigenvalue weighted by Crippen LogP contribution is -2.43. The van der Waals surface area contributed by atoms with E-state index in [4.69, 9.17) is 4.42 Å². The van der Waals surface area contributed by atoms with Crippen LogP contribution in [0.2, 0.25) is 0 Å². The Labute approximate surface area is 139 Å². The minimum absolute atomic E-state index is 0.0423. The first kappa shape index (κ1) is 16.2. The summed E-state index contributed by atoms with van der Waals surface area (Å²) in [5, 5.41) is 3.00. The van der Waals surface area contributed by atoms with Crippen molar-refractivity contribution in [2.45, 2.75) is 26.2 Å². The molecule has 2 aromatic rings. The fourth-order valence-corrected chi connectivity index (χ4v) is 3.24. The molecule has 0 radical (unpaired) electrons. The maximum Gasteiger partial charge on any atom is 0.257 e. The fraction of sp³-hybridized carbons (Fsp3) is 0.389. The van der Waals surface area contributed by atoms with Crippen LogP contribution in [0.3, 0.4) is 0 Å². The van der Waals surface area contributed by atoms with Crippen LogP contribution in [0, 0.1) is 5.41 Å². The summed E-state index contributed by atoms with van der Waals surface area (Å²) in [6.45, 7) is 3.19. The molecule has 0 bridgehead atoms. The van der Waals surface area contributed by atoms with Crippen molar-refractivity contribution in [1.29, 1.82) is 0 Å². The van der Waals surface area contributed by atoms with E-state index >= 15 is 0 Å². The van der Waals surface area contributed by atoms with E-state index in [9.17, 15) is 14.4 Å². The molecule has 1 saturated heterocycles. The zero-order valence-electron chi connectivity index (χ0n) is 13.6. The third kappa shape index (κ3) is 3.18. The van der Waals surface area contributed by atoms with Gasteiger partial charge in [0.05, 0.1) is 5.56 Å². The summed E-state index contributed by atoms with van der Waals surface area (Å²) in [6.07, 6.45) is 3.66. The lowest BCUT2D eigenvalue weighted by Gasteiger charge is -2.38. The van der Waals surface area contributed by atoms with E-state index in [2.05, 4.69) is 5.32 Å². The van der Waals surface area contributed by atoms with E-state index in [1.165, 1.54) is 6.26 Å². The largest absolute Gasteiger partial charge is 0.463 e. The van der Waals surface area contributed by atoms with Crippen molar-refractivity contribution < 1.29 is 18.8 Å². The van der Waals surface area contributed by atoms with Crippen LogP contribution in [0.25, 0.3) is 11.0 Å². The van der Waals surface area contributed by atoms with E-state index in [-0.39, 0.29) is 17.2 Å². The SMILES string of the molecule is CC1(CC(=O)NC=O)CCN(C(=O)c2coc3ccccc23)CC1. The van der Waals surface area contributed by atoms with Crippen molar-refractivity contribution in [2.75, 3.05) is 13.1 Å². The summed E-state index contributed by atoms with van der Waals surface area (Å²) in [5.41, 5.74) is 1.09. The number of hydrogen-bond donors (Lipinski definition) is 1. The van der Waals surface area contributed by atoms with E-state index < -0.39 is 0 Å². The Hall–Kier alpha value is -2.63. The van der Waals surface area contributed by atoms with Gasteiger partial charge in [0, 0.05) is 24.9 Å². The zero-order valence-corrected chi connectivity index (χ0v) is 13.6. The second-order valence-electron chi connectivity index (χ2n) is 6.61. The molecule has 6 heteroatoms. The molecule has 0 spiro atoms. The highest BCUT2D eigenvalue weighted by atomic mass is 16.3. The quantitative estimate of drug-likeness (QED) is 0.874. The van der Waals surface area contributed by atoms with Crippen LogP contribution in [-0.2, 0) is 9.59 Å². The van der Waals surface area contributed by atoms with Crippen LogP contribution < -0.4 is 5.32 Å². The summed E-state index contributed by atoms with van der Waals surface area (Å²) in [5.74, 6) is -0.313. The number of piperidine rings is 1. The van der Waals surface area contributed by atoms with Gasteiger partial charge in [-0.15, -0.1) is 0 Å². The molecule has 0 unspecified atom stereocenters. The van der Waals surface area contributed by atoms with Crippen molar-refractivity contribution in [3.05, 3.63) is 36.1 Å². The van der Waals surface area contributed by atoms with Gasteiger partial charge in [0.25, 0.3) is 5.91 Å². The summed E-state index contributed by atoms with van der Waals surface area (Å²) in [7, 11) is 0. The van der Waals surface area contributed by atoms with Gasteiger partial charge in [-0.2, -0.15) is 0 Å². The van der Waals surface area contributed by atoms with E-state index in [1.54, 1.807) is 4.90 Å². The standard InChI is InChI=1S/C18H20N2O4/c1-18(10-16(22)19-12-21)6-8-20(9-7-18)17(23)14-11-24-15-5-3-2-4-13(14)15/h2-5,11-12H,6-10H2,1H3,(H,19,21,22). The number of hydrogen-bond acceptors (Lipinski definition) is 4. The molecular weight excluding hydrogens is 308 g/mol. The fourth-order valence-electron chi connectivity index (χ4n) is 3.24. The Balaban J connectivity index is 1.67. The van der Waals surface area contributed by atoms with Crippen LogP contribution in [0.4, 0.5) is 0 Å². The molecule has 1 aliphatic heterocycles. The molecule has 1 fully saturated rings. The van der Waals surface area contributed by atoms with Crippen LogP contribution in [-0.4, -0.2) is 36.2 Å². The number of fused-ring (bicyclic) bond motifs is 1. The van der Waals surface area contributed by atoms with Crippen LogP contribution >= 0.6 is 0 Å². The molecule has 126 valence electrons. The lowest BCUT2D eigenvalue weighted by molar-refractivity contribution is -0.127. The normalized spacial score (nSPS) is 16.8. The molecule has 6 nitrogen and oxygen atoms in total. The van der Waals surface area contributed by atoms with E-state index in [0.717, 1.165) is 18.2 Å².